The first-order valence-electron chi connectivity index (χ1n) is 8.81. The van der Waals surface area contributed by atoms with E-state index in [1.165, 1.54) is 0 Å². The van der Waals surface area contributed by atoms with E-state index in [-0.39, 0.29) is 0 Å². The molecule has 0 radical (unpaired) electrons. The van der Waals surface area contributed by atoms with Crippen molar-refractivity contribution in [3.8, 4) is 0 Å². The summed E-state index contributed by atoms with van der Waals surface area (Å²) in [7, 11) is 1.88. The number of rotatable bonds is 4. The summed E-state index contributed by atoms with van der Waals surface area (Å²) in [5.41, 5.74) is 1.90. The molecule has 0 atom stereocenters. The first kappa shape index (κ1) is 17.1. The maximum absolute atomic E-state index is 4.44. The van der Waals surface area contributed by atoms with Gasteiger partial charge in [-0.15, -0.1) is 0 Å². The lowest BCUT2D eigenvalue weighted by atomic mass is 10.0. The molecule has 1 fully saturated rings. The van der Waals surface area contributed by atoms with Gasteiger partial charge in [0.05, 0.1) is 5.39 Å². The Balaban J connectivity index is 1.46. The van der Waals surface area contributed by atoms with Gasteiger partial charge in [-0.05, 0) is 35.2 Å². The van der Waals surface area contributed by atoms with E-state index in [4.69, 9.17) is 0 Å². The van der Waals surface area contributed by atoms with Gasteiger partial charge in [0.1, 0.15) is 28.9 Å². The summed E-state index contributed by atoms with van der Waals surface area (Å²) in [5, 5.41) is 8.89. The van der Waals surface area contributed by atoms with Crippen LogP contribution in [0.1, 0.15) is 25.5 Å². The predicted octanol–water partition coefficient (Wildman–Crippen LogP) is 2.56. The number of hydrogen-bond donors (Lipinski definition) is 1. The molecule has 3 aromatic heterocycles. The SMILES string of the molecule is CCc1cc(N2CCC(Nc3ncnc4c3c(Br)nn4C)CC2)ncn1. The van der Waals surface area contributed by atoms with Gasteiger partial charge in [0.2, 0.25) is 0 Å². The molecule has 1 aliphatic rings. The number of piperidine rings is 1. The third kappa shape index (κ3) is 3.23. The Morgan fingerprint density at radius 3 is 2.69 bits per heavy atom. The second-order valence-corrected chi connectivity index (χ2v) is 7.21. The molecular formula is C17H21BrN8. The highest BCUT2D eigenvalue weighted by atomic mass is 79.9. The van der Waals surface area contributed by atoms with E-state index < -0.39 is 0 Å². The molecule has 1 aliphatic heterocycles. The smallest absolute Gasteiger partial charge is 0.164 e. The molecule has 0 spiro atoms. The second kappa shape index (κ2) is 7.14. The maximum atomic E-state index is 4.44. The van der Waals surface area contributed by atoms with Crippen LogP contribution in [-0.4, -0.2) is 48.8 Å². The van der Waals surface area contributed by atoms with Crippen molar-refractivity contribution in [2.24, 2.45) is 7.05 Å². The van der Waals surface area contributed by atoms with Crippen LogP contribution in [0, 0.1) is 0 Å². The lowest BCUT2D eigenvalue weighted by Crippen LogP contribution is -2.39. The van der Waals surface area contributed by atoms with Crippen LogP contribution in [0.5, 0.6) is 0 Å². The third-order valence-electron chi connectivity index (χ3n) is 4.81. The Morgan fingerprint density at radius 1 is 1.15 bits per heavy atom. The third-order valence-corrected chi connectivity index (χ3v) is 5.36. The summed E-state index contributed by atoms with van der Waals surface area (Å²) in [6.07, 6.45) is 6.22. The minimum Gasteiger partial charge on any atom is -0.366 e. The Bertz CT molecular complexity index is 916. The van der Waals surface area contributed by atoms with Crippen molar-refractivity contribution in [3.05, 3.63) is 29.0 Å². The largest absolute Gasteiger partial charge is 0.366 e. The van der Waals surface area contributed by atoms with Crippen LogP contribution < -0.4 is 10.2 Å². The van der Waals surface area contributed by atoms with E-state index in [9.17, 15) is 0 Å². The van der Waals surface area contributed by atoms with Crippen LogP contribution in [0.4, 0.5) is 11.6 Å². The fourth-order valence-electron chi connectivity index (χ4n) is 3.35. The molecule has 1 N–H and O–H groups in total. The number of aryl methyl sites for hydroxylation is 2. The van der Waals surface area contributed by atoms with Gasteiger partial charge < -0.3 is 10.2 Å². The Hall–Kier alpha value is -2.29. The average Bonchev–Trinajstić information content (AvgIpc) is 2.97. The van der Waals surface area contributed by atoms with E-state index in [1.54, 1.807) is 17.3 Å². The lowest BCUT2D eigenvalue weighted by Gasteiger charge is -2.33. The van der Waals surface area contributed by atoms with Gasteiger partial charge >= 0.3 is 0 Å². The predicted molar refractivity (Wildman–Crippen MR) is 104 cm³/mol. The molecule has 0 aromatic carbocycles. The molecule has 0 unspecified atom stereocenters. The van der Waals surface area contributed by atoms with Crippen molar-refractivity contribution >= 4 is 38.6 Å². The van der Waals surface area contributed by atoms with E-state index >= 15 is 0 Å². The fourth-order valence-corrected chi connectivity index (χ4v) is 3.95. The van der Waals surface area contributed by atoms with Gasteiger partial charge in [-0.25, -0.2) is 24.6 Å². The summed E-state index contributed by atoms with van der Waals surface area (Å²) in [6, 6.07) is 2.46. The van der Waals surface area contributed by atoms with Crippen molar-refractivity contribution in [1.29, 1.82) is 0 Å². The van der Waals surface area contributed by atoms with Crippen molar-refractivity contribution in [2.75, 3.05) is 23.3 Å². The van der Waals surface area contributed by atoms with E-state index in [0.717, 1.165) is 65.3 Å². The number of hydrogen-bond acceptors (Lipinski definition) is 7. The summed E-state index contributed by atoms with van der Waals surface area (Å²) in [6.45, 7) is 4.03. The number of halogens is 1. The molecular weight excluding hydrogens is 396 g/mol. The van der Waals surface area contributed by atoms with Gasteiger partial charge in [-0.2, -0.15) is 5.10 Å². The highest BCUT2D eigenvalue weighted by Gasteiger charge is 2.22. The van der Waals surface area contributed by atoms with E-state index in [0.29, 0.717) is 6.04 Å². The van der Waals surface area contributed by atoms with Crippen LogP contribution in [0.2, 0.25) is 0 Å². The monoisotopic (exact) mass is 416 g/mol. The van der Waals surface area contributed by atoms with Gasteiger partial charge in [-0.1, -0.05) is 6.92 Å². The van der Waals surface area contributed by atoms with Crippen molar-refractivity contribution < 1.29 is 0 Å². The minimum absolute atomic E-state index is 0.365. The highest BCUT2D eigenvalue weighted by Crippen LogP contribution is 2.28. The summed E-state index contributed by atoms with van der Waals surface area (Å²) >= 11 is 3.51. The first-order chi connectivity index (χ1) is 12.7. The summed E-state index contributed by atoms with van der Waals surface area (Å²) in [5.74, 6) is 1.86. The van der Waals surface area contributed by atoms with Crippen LogP contribution in [0.15, 0.2) is 23.3 Å². The van der Waals surface area contributed by atoms with Gasteiger partial charge in [0, 0.05) is 37.9 Å². The molecule has 8 nitrogen and oxygen atoms in total. The normalized spacial score (nSPS) is 15.6. The quantitative estimate of drug-likeness (QED) is 0.699. The maximum Gasteiger partial charge on any atom is 0.164 e. The van der Waals surface area contributed by atoms with Crippen molar-refractivity contribution in [2.45, 2.75) is 32.2 Å². The molecule has 3 aromatic rings. The molecule has 136 valence electrons. The molecule has 1 saturated heterocycles. The lowest BCUT2D eigenvalue weighted by molar-refractivity contribution is 0.522. The van der Waals surface area contributed by atoms with Gasteiger partial charge in [-0.3, -0.25) is 0 Å². The summed E-state index contributed by atoms with van der Waals surface area (Å²) < 4.78 is 2.53. The number of anilines is 2. The number of nitrogens with one attached hydrogen (secondary N) is 1. The molecule has 0 saturated carbocycles. The molecule has 0 aliphatic carbocycles. The van der Waals surface area contributed by atoms with E-state index in [1.807, 2.05) is 7.05 Å². The first-order valence-corrected chi connectivity index (χ1v) is 9.60. The molecule has 0 amide bonds. The van der Waals surface area contributed by atoms with Gasteiger partial charge in [0.15, 0.2) is 5.65 Å². The van der Waals surface area contributed by atoms with Crippen molar-refractivity contribution in [3.63, 3.8) is 0 Å². The minimum atomic E-state index is 0.365. The molecule has 9 heteroatoms. The Labute approximate surface area is 160 Å². The summed E-state index contributed by atoms with van der Waals surface area (Å²) in [4.78, 5) is 19.8. The number of fused-ring (bicyclic) bond motifs is 1. The van der Waals surface area contributed by atoms with Crippen LogP contribution in [-0.2, 0) is 13.5 Å². The zero-order chi connectivity index (χ0) is 18.1. The number of nitrogens with zero attached hydrogens (tertiary/aromatic N) is 7. The van der Waals surface area contributed by atoms with Crippen LogP contribution in [0.25, 0.3) is 11.0 Å². The highest BCUT2D eigenvalue weighted by molar-refractivity contribution is 9.10. The van der Waals surface area contributed by atoms with Crippen molar-refractivity contribution in [1.82, 2.24) is 29.7 Å². The average molecular weight is 417 g/mol. The van der Waals surface area contributed by atoms with E-state index in [2.05, 4.69) is 64.2 Å². The van der Waals surface area contributed by atoms with Crippen LogP contribution >= 0.6 is 15.9 Å². The molecule has 0 bridgehead atoms. The fraction of sp³-hybridized carbons (Fsp3) is 0.471. The Kier molecular flexibility index (Phi) is 4.71. The number of aromatic nitrogens is 6. The van der Waals surface area contributed by atoms with Gasteiger partial charge in [0.25, 0.3) is 0 Å². The standard InChI is InChI=1S/C17H21BrN8/c1-3-11-8-13(20-9-19-11)26-6-4-12(5-7-26)23-16-14-15(18)24-25(2)17(14)22-10-21-16/h8-10,12H,3-7H2,1-2H3,(H,21,22,23). The Morgan fingerprint density at radius 2 is 1.92 bits per heavy atom. The molecule has 4 rings (SSSR count). The van der Waals surface area contributed by atoms with Crippen LogP contribution in [0.3, 0.4) is 0 Å². The zero-order valence-corrected chi connectivity index (χ0v) is 16.4. The topological polar surface area (TPSA) is 84.6 Å². The second-order valence-electron chi connectivity index (χ2n) is 6.46. The molecule has 26 heavy (non-hydrogen) atoms. The molecule has 4 heterocycles. The zero-order valence-electron chi connectivity index (χ0n) is 14.9.